The Labute approximate surface area is 118 Å². The number of aromatic nitrogens is 2. The molecule has 0 unspecified atom stereocenters. The Morgan fingerprint density at radius 1 is 1.11 bits per heavy atom. The Bertz CT molecular complexity index is 495. The summed E-state index contributed by atoms with van der Waals surface area (Å²) in [5.41, 5.74) is 1.30. The number of hydrogen-bond acceptors (Lipinski definition) is 5. The zero-order valence-electron chi connectivity index (χ0n) is 11.7. The quantitative estimate of drug-likeness (QED) is 0.811. The molecule has 5 heteroatoms. The molecule has 19 heavy (non-hydrogen) atoms. The Morgan fingerprint density at radius 3 is 2.42 bits per heavy atom. The molecule has 0 atom stereocenters. The molecular weight excluding hydrogens is 256 g/mol. The molecule has 0 bridgehead atoms. The van der Waals surface area contributed by atoms with Crippen molar-refractivity contribution < 1.29 is 0 Å². The molecule has 102 valence electrons. The van der Waals surface area contributed by atoms with Crippen molar-refractivity contribution in [3.05, 3.63) is 41.7 Å². The van der Waals surface area contributed by atoms with E-state index in [2.05, 4.69) is 57.5 Å². The highest BCUT2D eigenvalue weighted by Crippen LogP contribution is 2.19. The standard InChI is InChI=1S/C14H20N4S/c1-12-15-14(19-16-12)18(10-9-17(2)3)11-13-7-5-4-6-8-13/h4-8H,9-11H2,1-3H3. The minimum atomic E-state index is 0.850. The van der Waals surface area contributed by atoms with Gasteiger partial charge in [0.25, 0.3) is 0 Å². The van der Waals surface area contributed by atoms with Crippen molar-refractivity contribution in [2.24, 2.45) is 0 Å². The van der Waals surface area contributed by atoms with E-state index in [1.165, 1.54) is 17.1 Å². The van der Waals surface area contributed by atoms with E-state index in [0.717, 1.165) is 30.6 Å². The second kappa shape index (κ2) is 6.63. The first-order chi connectivity index (χ1) is 9.15. The fraction of sp³-hybridized carbons (Fsp3) is 0.429. The molecule has 0 spiro atoms. The lowest BCUT2D eigenvalue weighted by Crippen LogP contribution is -2.31. The molecule has 0 N–H and O–H groups in total. The van der Waals surface area contributed by atoms with Crippen LogP contribution >= 0.6 is 11.5 Å². The van der Waals surface area contributed by atoms with Crippen LogP contribution in [0.4, 0.5) is 5.13 Å². The number of likely N-dealkylation sites (N-methyl/N-ethyl adjacent to an activating group) is 1. The van der Waals surface area contributed by atoms with Gasteiger partial charge in [-0.3, -0.25) is 0 Å². The highest BCUT2D eigenvalue weighted by Gasteiger charge is 2.12. The average molecular weight is 276 g/mol. The van der Waals surface area contributed by atoms with Crippen LogP contribution in [0.15, 0.2) is 30.3 Å². The van der Waals surface area contributed by atoms with Crippen molar-refractivity contribution in [1.29, 1.82) is 0 Å². The Balaban J connectivity index is 2.10. The van der Waals surface area contributed by atoms with Gasteiger partial charge in [-0.05, 0) is 26.6 Å². The van der Waals surface area contributed by atoms with Crippen LogP contribution in [0, 0.1) is 6.92 Å². The summed E-state index contributed by atoms with van der Waals surface area (Å²) < 4.78 is 4.28. The summed E-state index contributed by atoms with van der Waals surface area (Å²) in [5.74, 6) is 0.850. The fourth-order valence-electron chi connectivity index (χ4n) is 1.78. The van der Waals surface area contributed by atoms with Gasteiger partial charge < -0.3 is 9.80 Å². The van der Waals surface area contributed by atoms with E-state index >= 15 is 0 Å². The van der Waals surface area contributed by atoms with E-state index in [0.29, 0.717) is 0 Å². The lowest BCUT2D eigenvalue weighted by molar-refractivity contribution is 0.412. The summed E-state index contributed by atoms with van der Waals surface area (Å²) in [7, 11) is 4.18. The van der Waals surface area contributed by atoms with Gasteiger partial charge in [0, 0.05) is 31.2 Å². The smallest absolute Gasteiger partial charge is 0.205 e. The molecule has 0 aliphatic carbocycles. The van der Waals surface area contributed by atoms with Crippen molar-refractivity contribution in [3.63, 3.8) is 0 Å². The first-order valence-electron chi connectivity index (χ1n) is 6.39. The summed E-state index contributed by atoms with van der Waals surface area (Å²) in [6, 6.07) is 10.5. The summed E-state index contributed by atoms with van der Waals surface area (Å²) in [4.78, 5) is 8.98. The zero-order valence-corrected chi connectivity index (χ0v) is 12.5. The number of rotatable bonds is 6. The maximum atomic E-state index is 4.50. The predicted molar refractivity (Wildman–Crippen MR) is 80.7 cm³/mol. The summed E-state index contributed by atoms with van der Waals surface area (Å²) in [6.07, 6.45) is 0. The van der Waals surface area contributed by atoms with Crippen LogP contribution in [0.5, 0.6) is 0 Å². The molecule has 1 heterocycles. The van der Waals surface area contributed by atoms with E-state index in [-0.39, 0.29) is 0 Å². The molecule has 0 saturated heterocycles. The third kappa shape index (κ3) is 4.29. The van der Waals surface area contributed by atoms with Gasteiger partial charge in [0.2, 0.25) is 5.13 Å². The van der Waals surface area contributed by atoms with Crippen LogP contribution in [-0.2, 0) is 6.54 Å². The van der Waals surface area contributed by atoms with Gasteiger partial charge >= 0.3 is 0 Å². The van der Waals surface area contributed by atoms with E-state index < -0.39 is 0 Å². The molecule has 1 aromatic heterocycles. The largest absolute Gasteiger partial charge is 0.341 e. The van der Waals surface area contributed by atoms with E-state index in [1.807, 2.05) is 13.0 Å². The first-order valence-corrected chi connectivity index (χ1v) is 7.16. The minimum Gasteiger partial charge on any atom is -0.341 e. The molecule has 4 nitrogen and oxygen atoms in total. The number of benzene rings is 1. The molecule has 2 aromatic rings. The van der Waals surface area contributed by atoms with Crippen molar-refractivity contribution in [2.75, 3.05) is 32.1 Å². The number of hydrogen-bond donors (Lipinski definition) is 0. The third-order valence-corrected chi connectivity index (χ3v) is 3.69. The minimum absolute atomic E-state index is 0.850. The molecule has 1 aromatic carbocycles. The van der Waals surface area contributed by atoms with Crippen LogP contribution in [-0.4, -0.2) is 41.4 Å². The van der Waals surface area contributed by atoms with Crippen molar-refractivity contribution >= 4 is 16.7 Å². The van der Waals surface area contributed by atoms with Crippen molar-refractivity contribution in [2.45, 2.75) is 13.5 Å². The second-order valence-corrected chi connectivity index (χ2v) is 5.56. The predicted octanol–water partition coefficient (Wildman–Crippen LogP) is 2.41. The number of aryl methyl sites for hydroxylation is 1. The Hall–Kier alpha value is -1.46. The molecular formula is C14H20N4S. The normalized spacial score (nSPS) is 10.9. The SMILES string of the molecule is Cc1nsc(N(CCN(C)C)Cc2ccccc2)n1. The second-order valence-electron chi connectivity index (χ2n) is 4.83. The summed E-state index contributed by atoms with van der Waals surface area (Å²) in [5, 5.41) is 1.00. The van der Waals surface area contributed by atoms with Gasteiger partial charge in [-0.1, -0.05) is 30.3 Å². The van der Waals surface area contributed by atoms with Crippen LogP contribution in [0.25, 0.3) is 0 Å². The van der Waals surface area contributed by atoms with Crippen LogP contribution < -0.4 is 4.90 Å². The molecule has 2 rings (SSSR count). The monoisotopic (exact) mass is 276 g/mol. The molecule has 0 fully saturated rings. The molecule has 0 aliphatic heterocycles. The lowest BCUT2D eigenvalue weighted by atomic mass is 10.2. The summed E-state index contributed by atoms with van der Waals surface area (Å²) >= 11 is 1.47. The Kier molecular flexibility index (Phi) is 4.87. The van der Waals surface area contributed by atoms with Gasteiger partial charge in [-0.15, -0.1) is 0 Å². The third-order valence-electron chi connectivity index (χ3n) is 2.82. The van der Waals surface area contributed by atoms with Gasteiger partial charge in [0.1, 0.15) is 5.82 Å². The van der Waals surface area contributed by atoms with Gasteiger partial charge in [-0.25, -0.2) is 4.98 Å². The van der Waals surface area contributed by atoms with Gasteiger partial charge in [0.05, 0.1) is 0 Å². The average Bonchev–Trinajstić information content (AvgIpc) is 2.82. The van der Waals surface area contributed by atoms with E-state index in [1.54, 1.807) is 0 Å². The molecule has 0 aliphatic rings. The maximum Gasteiger partial charge on any atom is 0.205 e. The first kappa shape index (κ1) is 14.0. The lowest BCUT2D eigenvalue weighted by Gasteiger charge is -2.23. The van der Waals surface area contributed by atoms with Crippen LogP contribution in [0.2, 0.25) is 0 Å². The summed E-state index contributed by atoms with van der Waals surface area (Å²) in [6.45, 7) is 4.78. The number of nitrogens with zero attached hydrogens (tertiary/aromatic N) is 4. The van der Waals surface area contributed by atoms with Crippen LogP contribution in [0.3, 0.4) is 0 Å². The van der Waals surface area contributed by atoms with Crippen molar-refractivity contribution in [1.82, 2.24) is 14.3 Å². The zero-order chi connectivity index (χ0) is 13.7. The van der Waals surface area contributed by atoms with E-state index in [4.69, 9.17) is 0 Å². The van der Waals surface area contributed by atoms with Crippen LogP contribution in [0.1, 0.15) is 11.4 Å². The fourth-order valence-corrected chi connectivity index (χ4v) is 2.48. The molecule has 0 saturated carbocycles. The topological polar surface area (TPSA) is 32.3 Å². The van der Waals surface area contributed by atoms with Crippen molar-refractivity contribution in [3.8, 4) is 0 Å². The molecule has 0 amide bonds. The highest BCUT2D eigenvalue weighted by molar-refractivity contribution is 7.09. The van der Waals surface area contributed by atoms with E-state index in [9.17, 15) is 0 Å². The maximum absolute atomic E-state index is 4.50. The van der Waals surface area contributed by atoms with Gasteiger partial charge in [0.15, 0.2) is 0 Å². The highest BCUT2D eigenvalue weighted by atomic mass is 32.1. The molecule has 0 radical (unpaired) electrons. The van der Waals surface area contributed by atoms with Gasteiger partial charge in [-0.2, -0.15) is 4.37 Å². The Morgan fingerprint density at radius 2 is 1.84 bits per heavy atom. The number of anilines is 1.